The summed E-state index contributed by atoms with van der Waals surface area (Å²) in [5.41, 5.74) is 0.792. The molecule has 0 spiro atoms. The van der Waals surface area contributed by atoms with Gasteiger partial charge in [0.15, 0.2) is 0 Å². The van der Waals surface area contributed by atoms with E-state index in [-0.39, 0.29) is 16.3 Å². The van der Waals surface area contributed by atoms with Crippen molar-refractivity contribution in [3.8, 4) is 0 Å². The van der Waals surface area contributed by atoms with Gasteiger partial charge in [0.1, 0.15) is 11.6 Å². The minimum Gasteiger partial charge on any atom is -0.319 e. The van der Waals surface area contributed by atoms with E-state index >= 15 is 0 Å². The average molecular weight is 282 g/mol. The van der Waals surface area contributed by atoms with Gasteiger partial charge in [-0.05, 0) is 48.9 Å². The van der Waals surface area contributed by atoms with Gasteiger partial charge in [-0.1, -0.05) is 11.6 Å². The van der Waals surface area contributed by atoms with Crippen molar-refractivity contribution >= 4 is 23.2 Å². The molecule has 0 saturated heterocycles. The van der Waals surface area contributed by atoms with E-state index in [1.807, 2.05) is 0 Å². The highest BCUT2D eigenvalue weighted by Crippen LogP contribution is 2.20. The van der Waals surface area contributed by atoms with Crippen molar-refractivity contribution in [1.82, 2.24) is 0 Å². The van der Waals surface area contributed by atoms with Crippen molar-refractivity contribution < 1.29 is 13.6 Å². The first kappa shape index (κ1) is 13.5. The summed E-state index contributed by atoms with van der Waals surface area (Å²) < 4.78 is 26.5. The number of rotatable bonds is 2. The lowest BCUT2D eigenvalue weighted by molar-refractivity contribution is 0.102. The Morgan fingerprint density at radius 2 is 1.89 bits per heavy atom. The smallest absolute Gasteiger partial charge is 0.256 e. The van der Waals surface area contributed by atoms with Crippen LogP contribution in [0, 0.1) is 18.6 Å². The van der Waals surface area contributed by atoms with Crippen LogP contribution < -0.4 is 5.32 Å². The molecular formula is C14H10ClF2NO. The molecule has 0 fully saturated rings. The first-order valence-electron chi connectivity index (χ1n) is 5.50. The molecular weight excluding hydrogens is 272 g/mol. The lowest BCUT2D eigenvalue weighted by Gasteiger charge is -2.08. The minimum absolute atomic E-state index is 0.0260. The van der Waals surface area contributed by atoms with Gasteiger partial charge in [0.2, 0.25) is 0 Å². The number of hydrogen-bond donors (Lipinski definition) is 1. The van der Waals surface area contributed by atoms with Gasteiger partial charge in [0, 0.05) is 10.6 Å². The second-order valence-electron chi connectivity index (χ2n) is 4.04. The van der Waals surface area contributed by atoms with Crippen molar-refractivity contribution in [3.63, 3.8) is 0 Å². The Morgan fingerprint density at radius 1 is 1.16 bits per heavy atom. The summed E-state index contributed by atoms with van der Waals surface area (Å²) in [6.45, 7) is 1.61. The van der Waals surface area contributed by atoms with Crippen LogP contribution in [-0.2, 0) is 0 Å². The molecule has 0 aromatic heterocycles. The van der Waals surface area contributed by atoms with Gasteiger partial charge in [-0.2, -0.15) is 0 Å². The number of amides is 1. The summed E-state index contributed by atoms with van der Waals surface area (Å²) in [5, 5.41) is 2.66. The van der Waals surface area contributed by atoms with E-state index in [9.17, 15) is 13.6 Å². The maximum Gasteiger partial charge on any atom is 0.256 e. The average Bonchev–Trinajstić information content (AvgIpc) is 2.32. The predicted octanol–water partition coefficient (Wildman–Crippen LogP) is 4.18. The number of aryl methyl sites for hydroxylation is 1. The summed E-state index contributed by atoms with van der Waals surface area (Å²) in [4.78, 5) is 12.0. The highest BCUT2D eigenvalue weighted by atomic mass is 35.5. The Hall–Kier alpha value is -1.94. The van der Waals surface area contributed by atoms with Crippen LogP contribution in [0.4, 0.5) is 14.5 Å². The third kappa shape index (κ3) is 3.09. The second kappa shape index (κ2) is 5.36. The molecule has 0 bridgehead atoms. The molecule has 0 radical (unpaired) electrons. The van der Waals surface area contributed by atoms with Gasteiger partial charge < -0.3 is 5.32 Å². The van der Waals surface area contributed by atoms with Crippen LogP contribution in [0.3, 0.4) is 0 Å². The first-order chi connectivity index (χ1) is 8.97. The molecule has 19 heavy (non-hydrogen) atoms. The van der Waals surface area contributed by atoms with Gasteiger partial charge in [0.05, 0.1) is 5.69 Å². The molecule has 2 aromatic carbocycles. The molecule has 0 atom stereocenters. The molecule has 1 amide bonds. The van der Waals surface area contributed by atoms with E-state index in [2.05, 4.69) is 5.32 Å². The number of benzene rings is 2. The van der Waals surface area contributed by atoms with E-state index in [1.54, 1.807) is 6.92 Å². The van der Waals surface area contributed by atoms with Crippen LogP contribution in [0.25, 0.3) is 0 Å². The van der Waals surface area contributed by atoms with E-state index in [1.165, 1.54) is 30.3 Å². The molecule has 0 aliphatic carbocycles. The molecule has 0 unspecified atom stereocenters. The largest absolute Gasteiger partial charge is 0.319 e. The summed E-state index contributed by atoms with van der Waals surface area (Å²) in [6, 6.07) is 7.72. The third-order valence-electron chi connectivity index (χ3n) is 2.61. The Morgan fingerprint density at radius 3 is 2.53 bits per heavy atom. The Kier molecular flexibility index (Phi) is 3.81. The number of nitrogens with one attached hydrogen (secondary N) is 1. The van der Waals surface area contributed by atoms with E-state index in [0.29, 0.717) is 5.56 Å². The summed E-state index contributed by atoms with van der Waals surface area (Å²) in [6.07, 6.45) is 0. The minimum atomic E-state index is -0.624. The zero-order chi connectivity index (χ0) is 14.0. The Balaban J connectivity index is 2.25. The highest BCUT2D eigenvalue weighted by Gasteiger charge is 2.12. The molecule has 0 saturated carbocycles. The second-order valence-corrected chi connectivity index (χ2v) is 4.47. The molecule has 0 aliphatic rings. The maximum absolute atomic E-state index is 13.5. The highest BCUT2D eigenvalue weighted by molar-refractivity contribution is 6.30. The third-order valence-corrected chi connectivity index (χ3v) is 2.85. The standard InChI is InChI=1S/C14H10ClF2NO/c1-8-6-10(16)3-4-11(8)14(19)18-13-5-2-9(15)7-12(13)17/h2-7H,1H3,(H,18,19). The molecule has 1 N–H and O–H groups in total. The molecule has 2 nitrogen and oxygen atoms in total. The van der Waals surface area contributed by atoms with Gasteiger partial charge in [-0.3, -0.25) is 4.79 Å². The first-order valence-corrected chi connectivity index (χ1v) is 5.88. The van der Waals surface area contributed by atoms with E-state index in [4.69, 9.17) is 11.6 Å². The lowest BCUT2D eigenvalue weighted by Crippen LogP contribution is -2.14. The molecule has 98 valence electrons. The van der Waals surface area contributed by atoms with Crippen molar-refractivity contribution in [3.05, 3.63) is 64.2 Å². The van der Waals surface area contributed by atoms with Crippen molar-refractivity contribution in [1.29, 1.82) is 0 Å². The number of carbonyl (C=O) groups excluding carboxylic acids is 1. The lowest BCUT2D eigenvalue weighted by atomic mass is 10.1. The number of anilines is 1. The molecule has 5 heteroatoms. The van der Waals surface area contributed by atoms with Crippen LogP contribution in [0.1, 0.15) is 15.9 Å². The topological polar surface area (TPSA) is 29.1 Å². The fourth-order valence-electron chi connectivity index (χ4n) is 1.66. The SMILES string of the molecule is Cc1cc(F)ccc1C(=O)Nc1ccc(Cl)cc1F. The van der Waals surface area contributed by atoms with E-state index < -0.39 is 17.5 Å². The van der Waals surface area contributed by atoms with Gasteiger partial charge in [-0.15, -0.1) is 0 Å². The Labute approximate surface area is 114 Å². The summed E-state index contributed by atoms with van der Waals surface area (Å²) >= 11 is 5.62. The zero-order valence-electron chi connectivity index (χ0n) is 10.0. The summed E-state index contributed by atoms with van der Waals surface area (Å²) in [7, 11) is 0. The molecule has 0 heterocycles. The molecule has 0 aliphatic heterocycles. The predicted molar refractivity (Wildman–Crippen MR) is 70.5 cm³/mol. The Bertz CT molecular complexity index is 643. The monoisotopic (exact) mass is 281 g/mol. The maximum atomic E-state index is 13.5. The number of carbonyl (C=O) groups is 1. The van der Waals surface area contributed by atoms with Gasteiger partial charge >= 0.3 is 0 Å². The van der Waals surface area contributed by atoms with Crippen molar-refractivity contribution in [2.45, 2.75) is 6.92 Å². The van der Waals surface area contributed by atoms with Crippen LogP contribution in [0.2, 0.25) is 5.02 Å². The fraction of sp³-hybridized carbons (Fsp3) is 0.0714. The fourth-order valence-corrected chi connectivity index (χ4v) is 1.82. The number of hydrogen-bond acceptors (Lipinski definition) is 1. The zero-order valence-corrected chi connectivity index (χ0v) is 10.8. The summed E-state index contributed by atoms with van der Waals surface area (Å²) in [5.74, 6) is -1.55. The molecule has 2 aromatic rings. The quantitative estimate of drug-likeness (QED) is 0.879. The molecule has 2 rings (SSSR count). The van der Waals surface area contributed by atoms with Crippen molar-refractivity contribution in [2.24, 2.45) is 0 Å². The number of halogens is 3. The van der Waals surface area contributed by atoms with Crippen LogP contribution in [0.5, 0.6) is 0 Å². The van der Waals surface area contributed by atoms with Gasteiger partial charge in [0.25, 0.3) is 5.91 Å². The van der Waals surface area contributed by atoms with Crippen molar-refractivity contribution in [2.75, 3.05) is 5.32 Å². The van der Waals surface area contributed by atoms with Crippen LogP contribution in [-0.4, -0.2) is 5.91 Å². The van der Waals surface area contributed by atoms with Crippen LogP contribution in [0.15, 0.2) is 36.4 Å². The normalized spacial score (nSPS) is 10.3. The van der Waals surface area contributed by atoms with Gasteiger partial charge in [-0.25, -0.2) is 8.78 Å². The van der Waals surface area contributed by atoms with Crippen LogP contribution >= 0.6 is 11.6 Å². The van der Waals surface area contributed by atoms with E-state index in [0.717, 1.165) is 6.07 Å².